The second kappa shape index (κ2) is 6.17. The first-order chi connectivity index (χ1) is 7.45. The maximum atomic E-state index is 4.49. The van der Waals surface area contributed by atoms with E-state index in [-0.39, 0.29) is 0 Å². The average molecular weight is 353 g/mol. The topological polar surface area (TPSA) is 21.1 Å². The maximum absolute atomic E-state index is 4.49. The van der Waals surface area contributed by atoms with Gasteiger partial charge in [-0.2, -0.15) is 5.10 Å². The van der Waals surface area contributed by atoms with Gasteiger partial charge in [-0.05, 0) is 29.4 Å². The number of alkyl halides is 1. The van der Waals surface area contributed by atoms with Crippen LogP contribution in [0.15, 0.2) is 4.47 Å². The highest BCUT2D eigenvalue weighted by Crippen LogP contribution is 2.22. The van der Waals surface area contributed by atoms with Crippen molar-refractivity contribution in [3.05, 3.63) is 15.9 Å². The summed E-state index contributed by atoms with van der Waals surface area (Å²) in [4.78, 5) is 2.80. The van der Waals surface area contributed by atoms with Gasteiger partial charge in [0, 0.05) is 25.0 Å². The van der Waals surface area contributed by atoms with E-state index >= 15 is 0 Å². The minimum Gasteiger partial charge on any atom is -0.299 e. The van der Waals surface area contributed by atoms with Crippen molar-refractivity contribution in [1.29, 1.82) is 0 Å². The molecule has 1 atom stereocenters. The van der Waals surface area contributed by atoms with E-state index in [0.29, 0.717) is 4.83 Å². The third-order valence-corrected chi connectivity index (χ3v) is 3.69. The number of halogens is 2. The Hall–Kier alpha value is 0.130. The number of nitrogens with zero attached hydrogens (tertiary/aromatic N) is 3. The quantitative estimate of drug-likeness (QED) is 0.759. The molecule has 1 heterocycles. The summed E-state index contributed by atoms with van der Waals surface area (Å²) in [5.41, 5.74) is 2.38. The van der Waals surface area contributed by atoms with Crippen molar-refractivity contribution < 1.29 is 0 Å². The molecule has 1 aromatic heterocycles. The van der Waals surface area contributed by atoms with Crippen LogP contribution in [0.2, 0.25) is 0 Å². The third-order valence-electron chi connectivity index (χ3n) is 2.49. The van der Waals surface area contributed by atoms with Crippen LogP contribution in [0.1, 0.15) is 25.2 Å². The van der Waals surface area contributed by atoms with Crippen LogP contribution >= 0.6 is 31.9 Å². The Morgan fingerprint density at radius 2 is 2.12 bits per heavy atom. The van der Waals surface area contributed by atoms with Crippen LogP contribution in [0.3, 0.4) is 0 Å². The van der Waals surface area contributed by atoms with E-state index < -0.39 is 0 Å². The van der Waals surface area contributed by atoms with Crippen LogP contribution < -0.4 is 0 Å². The zero-order chi connectivity index (χ0) is 12.3. The molecule has 0 amide bonds. The van der Waals surface area contributed by atoms with E-state index in [1.807, 2.05) is 11.7 Å². The van der Waals surface area contributed by atoms with Crippen LogP contribution in [0.4, 0.5) is 0 Å². The molecule has 1 rings (SSSR count). The molecule has 16 heavy (non-hydrogen) atoms. The van der Waals surface area contributed by atoms with E-state index in [1.165, 1.54) is 5.69 Å². The summed E-state index contributed by atoms with van der Waals surface area (Å²) in [5.74, 6) is 0. The lowest BCUT2D eigenvalue weighted by atomic mass is 10.3. The van der Waals surface area contributed by atoms with Crippen molar-refractivity contribution in [2.45, 2.75) is 31.6 Å². The first-order valence-electron chi connectivity index (χ1n) is 5.48. The van der Waals surface area contributed by atoms with E-state index in [9.17, 15) is 0 Å². The van der Waals surface area contributed by atoms with Gasteiger partial charge in [-0.3, -0.25) is 9.58 Å². The van der Waals surface area contributed by atoms with Crippen molar-refractivity contribution in [2.24, 2.45) is 7.05 Å². The first-order valence-corrected chi connectivity index (χ1v) is 7.19. The molecular weight excluding hydrogens is 334 g/mol. The highest BCUT2D eigenvalue weighted by molar-refractivity contribution is 9.10. The summed E-state index contributed by atoms with van der Waals surface area (Å²) in [7, 11) is 4.13. The van der Waals surface area contributed by atoms with E-state index in [2.05, 4.69) is 62.8 Å². The molecule has 0 fully saturated rings. The summed E-state index contributed by atoms with van der Waals surface area (Å²) < 4.78 is 3.13. The van der Waals surface area contributed by atoms with Gasteiger partial charge < -0.3 is 0 Å². The summed E-state index contributed by atoms with van der Waals surface area (Å²) in [6.45, 7) is 6.23. The zero-order valence-electron chi connectivity index (χ0n) is 10.3. The normalized spacial score (nSPS) is 13.4. The molecule has 5 heteroatoms. The Labute approximate surface area is 114 Å². The Morgan fingerprint density at radius 1 is 1.50 bits per heavy atom. The predicted octanol–water partition coefficient (Wildman–Crippen LogP) is 2.96. The van der Waals surface area contributed by atoms with Crippen LogP contribution in [0, 0.1) is 0 Å². The molecule has 0 spiro atoms. The fraction of sp³-hybridized carbons (Fsp3) is 0.727. The number of hydrogen-bond acceptors (Lipinski definition) is 2. The van der Waals surface area contributed by atoms with Crippen LogP contribution in [0.5, 0.6) is 0 Å². The number of hydrogen-bond donors (Lipinski definition) is 0. The van der Waals surface area contributed by atoms with Crippen molar-refractivity contribution in [3.63, 3.8) is 0 Å². The van der Waals surface area contributed by atoms with Gasteiger partial charge in [0.05, 0.1) is 15.9 Å². The highest BCUT2D eigenvalue weighted by atomic mass is 79.9. The molecular formula is C11H19Br2N3. The van der Waals surface area contributed by atoms with Crippen LogP contribution in [-0.4, -0.2) is 33.1 Å². The molecule has 1 unspecified atom stereocenters. The third kappa shape index (κ3) is 3.57. The van der Waals surface area contributed by atoms with Crippen LogP contribution in [-0.2, 0) is 20.0 Å². The summed E-state index contributed by atoms with van der Waals surface area (Å²) in [6.07, 6.45) is 0.965. The van der Waals surface area contributed by atoms with Crippen LogP contribution in [0.25, 0.3) is 0 Å². The molecule has 1 aromatic rings. The molecule has 0 saturated heterocycles. The summed E-state index contributed by atoms with van der Waals surface area (Å²) in [6, 6.07) is 0. The van der Waals surface area contributed by atoms with Gasteiger partial charge in [0.25, 0.3) is 0 Å². The lowest BCUT2D eigenvalue weighted by molar-refractivity contribution is 0.322. The second-order valence-electron chi connectivity index (χ2n) is 4.16. The fourth-order valence-electron chi connectivity index (χ4n) is 1.74. The lowest BCUT2D eigenvalue weighted by Gasteiger charge is -2.18. The molecule has 0 aliphatic heterocycles. The number of rotatable bonds is 5. The molecule has 0 radical (unpaired) electrons. The highest BCUT2D eigenvalue weighted by Gasteiger charge is 2.14. The molecule has 0 N–H and O–H groups in total. The lowest BCUT2D eigenvalue weighted by Crippen LogP contribution is -2.25. The largest absolute Gasteiger partial charge is 0.299 e. The Kier molecular flexibility index (Phi) is 5.47. The minimum atomic E-state index is 0.509. The van der Waals surface area contributed by atoms with Crippen molar-refractivity contribution in [2.75, 3.05) is 13.6 Å². The molecule has 3 nitrogen and oxygen atoms in total. The Balaban J connectivity index is 2.76. The SMILES string of the molecule is CCc1nn(C)c(CN(C)CC(C)Br)c1Br. The first kappa shape index (κ1) is 14.2. The summed E-state index contributed by atoms with van der Waals surface area (Å²) in [5, 5.41) is 4.49. The number of aryl methyl sites for hydroxylation is 2. The Bertz CT molecular complexity index is 347. The zero-order valence-corrected chi connectivity index (χ0v) is 13.5. The molecule has 0 aliphatic rings. The van der Waals surface area contributed by atoms with E-state index in [4.69, 9.17) is 0 Å². The average Bonchev–Trinajstić information content (AvgIpc) is 2.44. The second-order valence-corrected chi connectivity index (χ2v) is 6.52. The molecule has 0 aromatic carbocycles. The van der Waals surface area contributed by atoms with E-state index in [1.54, 1.807) is 0 Å². The van der Waals surface area contributed by atoms with Gasteiger partial charge in [-0.15, -0.1) is 0 Å². The monoisotopic (exact) mass is 351 g/mol. The van der Waals surface area contributed by atoms with Crippen molar-refractivity contribution >= 4 is 31.9 Å². The molecule has 92 valence electrons. The summed E-state index contributed by atoms with van der Waals surface area (Å²) >= 11 is 7.20. The van der Waals surface area contributed by atoms with Gasteiger partial charge in [0.1, 0.15) is 0 Å². The molecule has 0 aliphatic carbocycles. The van der Waals surface area contributed by atoms with Gasteiger partial charge in [0.2, 0.25) is 0 Å². The van der Waals surface area contributed by atoms with Crippen molar-refractivity contribution in [3.8, 4) is 0 Å². The Morgan fingerprint density at radius 3 is 2.56 bits per heavy atom. The smallest absolute Gasteiger partial charge is 0.0767 e. The fourth-order valence-corrected chi connectivity index (χ4v) is 2.98. The number of aromatic nitrogens is 2. The predicted molar refractivity (Wildman–Crippen MR) is 75.0 cm³/mol. The molecule has 0 bridgehead atoms. The molecule has 0 saturated carbocycles. The van der Waals surface area contributed by atoms with Gasteiger partial charge in [-0.25, -0.2) is 0 Å². The maximum Gasteiger partial charge on any atom is 0.0767 e. The van der Waals surface area contributed by atoms with Crippen molar-refractivity contribution in [1.82, 2.24) is 14.7 Å². The van der Waals surface area contributed by atoms with Gasteiger partial charge in [-0.1, -0.05) is 29.8 Å². The van der Waals surface area contributed by atoms with E-state index in [0.717, 1.165) is 29.7 Å². The minimum absolute atomic E-state index is 0.509. The van der Waals surface area contributed by atoms with Gasteiger partial charge >= 0.3 is 0 Å². The standard InChI is InChI=1S/C11H19Br2N3/c1-5-9-11(13)10(16(4)14-9)7-15(3)6-8(2)12/h8H,5-7H2,1-4H3. The van der Waals surface area contributed by atoms with Gasteiger partial charge in [0.15, 0.2) is 0 Å².